The third-order valence-electron chi connectivity index (χ3n) is 5.12. The van der Waals surface area contributed by atoms with Crippen LogP contribution in [0.25, 0.3) is 0 Å². The van der Waals surface area contributed by atoms with E-state index in [1.807, 2.05) is 19.1 Å². The average molecular weight is 405 g/mol. The van der Waals surface area contributed by atoms with Crippen LogP contribution in [0.2, 0.25) is 0 Å². The van der Waals surface area contributed by atoms with Gasteiger partial charge in [0, 0.05) is 0 Å². The van der Waals surface area contributed by atoms with Crippen LogP contribution in [0.15, 0.2) is 59.5 Å². The van der Waals surface area contributed by atoms with Gasteiger partial charge in [0.2, 0.25) is 10.0 Å². The average Bonchev–Trinajstić information content (AvgIpc) is 2.74. The number of benzene rings is 2. The van der Waals surface area contributed by atoms with Gasteiger partial charge in [-0.15, -0.1) is 0 Å². The number of nitrogens with zero attached hydrogens (tertiary/aromatic N) is 1. The van der Waals surface area contributed by atoms with E-state index < -0.39 is 10.0 Å². The lowest BCUT2D eigenvalue weighted by molar-refractivity contribution is -0.917. The molecule has 8 heteroatoms. The molecule has 1 amide bonds. The highest BCUT2D eigenvalue weighted by Crippen LogP contribution is 2.23. The van der Waals surface area contributed by atoms with Gasteiger partial charge >= 0.3 is 0 Å². The molecule has 1 aliphatic rings. The number of carbonyl (C=O) groups is 1. The summed E-state index contributed by atoms with van der Waals surface area (Å²) < 4.78 is 32.2. The van der Waals surface area contributed by atoms with E-state index >= 15 is 0 Å². The molecule has 1 heterocycles. The first-order valence-electron chi connectivity index (χ1n) is 9.27. The number of rotatable bonds is 6. The van der Waals surface area contributed by atoms with Crippen molar-refractivity contribution >= 4 is 21.6 Å². The maximum absolute atomic E-state index is 12.7. The van der Waals surface area contributed by atoms with E-state index in [0.717, 1.165) is 4.90 Å². The minimum absolute atomic E-state index is 0.112. The summed E-state index contributed by atoms with van der Waals surface area (Å²) in [7, 11) is -1.92. The highest BCUT2D eigenvalue weighted by Gasteiger charge is 2.34. The fourth-order valence-corrected chi connectivity index (χ4v) is 4.83. The zero-order chi connectivity index (χ0) is 20.1. The fourth-order valence-electron chi connectivity index (χ4n) is 3.36. The van der Waals surface area contributed by atoms with Crippen molar-refractivity contribution in [3.05, 3.63) is 54.6 Å². The lowest BCUT2D eigenvalue weighted by atomic mass is 10.2. The predicted molar refractivity (Wildman–Crippen MR) is 107 cm³/mol. The van der Waals surface area contributed by atoms with Gasteiger partial charge in [-0.1, -0.05) is 30.3 Å². The second-order valence-corrected chi connectivity index (χ2v) is 8.72. The van der Waals surface area contributed by atoms with Crippen molar-refractivity contribution in [2.24, 2.45) is 0 Å². The van der Waals surface area contributed by atoms with E-state index in [2.05, 4.69) is 5.32 Å². The van der Waals surface area contributed by atoms with Crippen molar-refractivity contribution in [2.45, 2.75) is 17.9 Å². The van der Waals surface area contributed by atoms with Crippen LogP contribution in [0.3, 0.4) is 0 Å². The zero-order valence-electron chi connectivity index (χ0n) is 16.1. The van der Waals surface area contributed by atoms with E-state index in [1.165, 1.54) is 4.31 Å². The Labute approximate surface area is 166 Å². The van der Waals surface area contributed by atoms with Gasteiger partial charge < -0.3 is 15.0 Å². The van der Waals surface area contributed by atoms with Crippen LogP contribution in [0.1, 0.15) is 6.92 Å². The summed E-state index contributed by atoms with van der Waals surface area (Å²) in [5, 5.41) is 2.91. The van der Waals surface area contributed by atoms with Crippen LogP contribution in [0, 0.1) is 0 Å². The molecule has 1 fully saturated rings. The molecule has 2 N–H and O–H groups in total. The maximum atomic E-state index is 12.7. The first-order valence-corrected chi connectivity index (χ1v) is 10.7. The molecule has 1 saturated heterocycles. The second kappa shape index (κ2) is 8.72. The van der Waals surface area contributed by atoms with Crippen LogP contribution in [0.5, 0.6) is 5.75 Å². The van der Waals surface area contributed by atoms with Crippen molar-refractivity contribution in [1.29, 1.82) is 0 Å². The Balaban J connectivity index is 1.60. The topological polar surface area (TPSA) is 80.2 Å². The lowest BCUT2D eigenvalue weighted by Gasteiger charge is -2.34. The Morgan fingerprint density at radius 3 is 2.32 bits per heavy atom. The van der Waals surface area contributed by atoms with Crippen LogP contribution < -0.4 is 15.0 Å². The molecular weight excluding hydrogens is 378 g/mol. The number of carbonyl (C=O) groups excluding carboxylic acids is 1. The quantitative estimate of drug-likeness (QED) is 0.740. The SMILES string of the molecule is COc1ccccc1NC(=O)[C@@H](C)[NH+]1CCN(S(=O)(=O)c2ccccc2)CC1. The number of hydrogen-bond acceptors (Lipinski definition) is 4. The Kier molecular flexibility index (Phi) is 6.33. The predicted octanol–water partition coefficient (Wildman–Crippen LogP) is 0.612. The van der Waals surface area contributed by atoms with Gasteiger partial charge in [-0.25, -0.2) is 8.42 Å². The van der Waals surface area contributed by atoms with Crippen LogP contribution >= 0.6 is 0 Å². The summed E-state index contributed by atoms with van der Waals surface area (Å²) in [6.45, 7) is 3.79. The summed E-state index contributed by atoms with van der Waals surface area (Å²) in [6.07, 6.45) is 0. The number of piperazine rings is 1. The Bertz CT molecular complexity index is 910. The summed E-state index contributed by atoms with van der Waals surface area (Å²) in [5.41, 5.74) is 0.631. The Morgan fingerprint density at radius 1 is 1.07 bits per heavy atom. The molecule has 0 spiro atoms. The number of hydrogen-bond donors (Lipinski definition) is 2. The van der Waals surface area contributed by atoms with Crippen LogP contribution in [-0.4, -0.2) is 58.0 Å². The number of nitrogens with one attached hydrogen (secondary N) is 2. The number of sulfonamides is 1. The van der Waals surface area contributed by atoms with Gasteiger partial charge in [-0.2, -0.15) is 4.31 Å². The van der Waals surface area contributed by atoms with Gasteiger partial charge in [0.1, 0.15) is 5.75 Å². The smallest absolute Gasteiger partial charge is 0.282 e. The van der Waals surface area contributed by atoms with Gasteiger partial charge in [0.25, 0.3) is 5.91 Å². The molecule has 2 aromatic carbocycles. The molecule has 1 atom stereocenters. The zero-order valence-corrected chi connectivity index (χ0v) is 16.9. The first kappa shape index (κ1) is 20.3. The number of amides is 1. The third-order valence-corrected chi connectivity index (χ3v) is 7.03. The molecular formula is C20H26N3O4S+. The third kappa shape index (κ3) is 4.35. The van der Waals surface area contributed by atoms with Crippen LogP contribution in [-0.2, 0) is 14.8 Å². The molecule has 0 radical (unpaired) electrons. The fraction of sp³-hybridized carbons (Fsp3) is 0.350. The van der Waals surface area contributed by atoms with Gasteiger partial charge in [-0.3, -0.25) is 4.79 Å². The van der Waals surface area contributed by atoms with E-state index in [0.29, 0.717) is 42.5 Å². The van der Waals surface area contributed by atoms with E-state index in [9.17, 15) is 13.2 Å². The van der Waals surface area contributed by atoms with Crippen molar-refractivity contribution in [3.63, 3.8) is 0 Å². The molecule has 28 heavy (non-hydrogen) atoms. The normalized spacial score (nSPS) is 17.1. The second-order valence-electron chi connectivity index (χ2n) is 6.79. The van der Waals surface area contributed by atoms with E-state index in [4.69, 9.17) is 4.74 Å². The van der Waals surface area contributed by atoms with Crippen molar-refractivity contribution in [2.75, 3.05) is 38.6 Å². The molecule has 3 rings (SSSR count). The molecule has 150 valence electrons. The maximum Gasteiger partial charge on any atom is 0.282 e. The van der Waals surface area contributed by atoms with Crippen LogP contribution in [0.4, 0.5) is 5.69 Å². The molecule has 7 nitrogen and oxygen atoms in total. The van der Waals surface area contributed by atoms with Crippen molar-refractivity contribution in [1.82, 2.24) is 4.31 Å². The largest absolute Gasteiger partial charge is 0.495 e. The standard InChI is InChI=1S/C20H25N3O4S/c1-16(20(24)21-18-10-6-7-11-19(18)27-2)22-12-14-23(15-13-22)28(25,26)17-8-4-3-5-9-17/h3-11,16H,12-15H2,1-2H3,(H,21,24)/p+1/t16-/m1/s1. The van der Waals surface area contributed by atoms with E-state index in [-0.39, 0.29) is 11.9 Å². The molecule has 0 aromatic heterocycles. The molecule has 0 aliphatic carbocycles. The molecule has 0 saturated carbocycles. The Hall–Kier alpha value is -2.42. The number of methoxy groups -OCH3 is 1. The highest BCUT2D eigenvalue weighted by atomic mass is 32.2. The van der Waals surface area contributed by atoms with Gasteiger partial charge in [0.05, 0.1) is 43.9 Å². The van der Waals surface area contributed by atoms with Crippen molar-refractivity contribution in [3.8, 4) is 5.75 Å². The minimum Gasteiger partial charge on any atom is -0.495 e. The lowest BCUT2D eigenvalue weighted by Crippen LogP contribution is -3.19. The van der Waals surface area contributed by atoms with Crippen molar-refractivity contribution < 1.29 is 22.8 Å². The summed E-state index contributed by atoms with van der Waals surface area (Å²) in [4.78, 5) is 14.0. The highest BCUT2D eigenvalue weighted by molar-refractivity contribution is 7.89. The first-order chi connectivity index (χ1) is 13.4. The number of anilines is 1. The number of ether oxygens (including phenoxy) is 1. The van der Waals surface area contributed by atoms with E-state index in [1.54, 1.807) is 49.6 Å². The number of para-hydroxylation sites is 2. The minimum atomic E-state index is -3.49. The summed E-state index contributed by atoms with van der Waals surface area (Å²) >= 11 is 0. The molecule has 0 unspecified atom stereocenters. The Morgan fingerprint density at radius 2 is 1.68 bits per heavy atom. The van der Waals surface area contributed by atoms with Gasteiger partial charge in [0.15, 0.2) is 6.04 Å². The number of quaternary nitrogens is 1. The summed E-state index contributed by atoms with van der Waals surface area (Å²) in [5.74, 6) is 0.496. The molecule has 2 aromatic rings. The summed E-state index contributed by atoms with van der Waals surface area (Å²) in [6, 6.07) is 15.4. The monoisotopic (exact) mass is 404 g/mol. The molecule has 1 aliphatic heterocycles. The van der Waals surface area contributed by atoms with Gasteiger partial charge in [-0.05, 0) is 31.2 Å². The molecule has 0 bridgehead atoms.